The molecule has 0 saturated heterocycles. The molecule has 2 rings (SSSR count). The summed E-state index contributed by atoms with van der Waals surface area (Å²) in [6.07, 6.45) is 1.01. The molecular formula is C13H15NO. The molecular weight excluding hydrogens is 186 g/mol. The van der Waals surface area contributed by atoms with Gasteiger partial charge in [-0.2, -0.15) is 0 Å². The third-order valence-corrected chi connectivity index (χ3v) is 2.60. The van der Waals surface area contributed by atoms with Crippen LogP contribution in [0.4, 0.5) is 0 Å². The number of benzene rings is 2. The smallest absolute Gasteiger partial charge is 0.116 e. The molecule has 0 fully saturated rings. The van der Waals surface area contributed by atoms with Crippen molar-refractivity contribution in [2.45, 2.75) is 6.42 Å². The minimum atomic E-state index is 0.327. The van der Waals surface area contributed by atoms with Crippen molar-refractivity contribution in [1.82, 2.24) is 5.32 Å². The highest BCUT2D eigenvalue weighted by Crippen LogP contribution is 2.23. The van der Waals surface area contributed by atoms with E-state index < -0.39 is 0 Å². The summed E-state index contributed by atoms with van der Waals surface area (Å²) in [5, 5.41) is 14.9. The van der Waals surface area contributed by atoms with Gasteiger partial charge in [0.05, 0.1) is 0 Å². The van der Waals surface area contributed by atoms with Gasteiger partial charge in [0.1, 0.15) is 5.75 Å². The first-order valence-corrected chi connectivity index (χ1v) is 5.16. The van der Waals surface area contributed by atoms with Gasteiger partial charge >= 0.3 is 0 Å². The minimum Gasteiger partial charge on any atom is -0.508 e. The van der Waals surface area contributed by atoms with Crippen molar-refractivity contribution in [3.05, 3.63) is 42.0 Å². The fraction of sp³-hybridized carbons (Fsp3) is 0.231. The molecule has 78 valence electrons. The Kier molecular flexibility index (Phi) is 2.88. The maximum absolute atomic E-state index is 9.38. The summed E-state index contributed by atoms with van der Waals surface area (Å²) in [5.41, 5.74) is 1.32. The van der Waals surface area contributed by atoms with E-state index in [1.165, 1.54) is 10.9 Å². The highest BCUT2D eigenvalue weighted by Gasteiger charge is 2.00. The lowest BCUT2D eigenvalue weighted by molar-refractivity contribution is 0.476. The van der Waals surface area contributed by atoms with Gasteiger partial charge in [0.25, 0.3) is 0 Å². The van der Waals surface area contributed by atoms with E-state index in [1.54, 1.807) is 12.1 Å². The molecule has 0 aliphatic carbocycles. The zero-order valence-corrected chi connectivity index (χ0v) is 8.83. The van der Waals surface area contributed by atoms with Crippen molar-refractivity contribution in [2.75, 3.05) is 13.6 Å². The van der Waals surface area contributed by atoms with Crippen LogP contribution < -0.4 is 5.32 Å². The van der Waals surface area contributed by atoms with Gasteiger partial charge in [-0.05, 0) is 48.5 Å². The zero-order chi connectivity index (χ0) is 10.7. The molecule has 0 atom stereocenters. The number of hydrogen-bond donors (Lipinski definition) is 2. The maximum atomic E-state index is 9.38. The third kappa shape index (κ3) is 2.10. The first-order valence-electron chi connectivity index (χ1n) is 5.16. The first-order chi connectivity index (χ1) is 7.31. The van der Waals surface area contributed by atoms with Gasteiger partial charge in [-0.15, -0.1) is 0 Å². The standard InChI is InChI=1S/C13H15NO/c1-14-8-7-10-3-2-4-11-9-12(15)5-6-13(10)11/h2-6,9,14-15H,7-8H2,1H3. The second-order valence-corrected chi connectivity index (χ2v) is 3.68. The fourth-order valence-corrected chi connectivity index (χ4v) is 1.82. The summed E-state index contributed by atoms with van der Waals surface area (Å²) < 4.78 is 0. The molecule has 0 aromatic heterocycles. The zero-order valence-electron chi connectivity index (χ0n) is 8.83. The SMILES string of the molecule is CNCCc1cccc2cc(O)ccc12. The topological polar surface area (TPSA) is 32.3 Å². The molecule has 0 bridgehead atoms. The molecule has 0 aliphatic rings. The largest absolute Gasteiger partial charge is 0.508 e. The Balaban J connectivity index is 2.46. The number of likely N-dealkylation sites (N-methyl/N-ethyl adjacent to an activating group) is 1. The molecule has 0 unspecified atom stereocenters. The quantitative estimate of drug-likeness (QED) is 0.798. The fourth-order valence-electron chi connectivity index (χ4n) is 1.82. The van der Waals surface area contributed by atoms with Crippen molar-refractivity contribution >= 4 is 10.8 Å². The number of aromatic hydroxyl groups is 1. The molecule has 0 spiro atoms. The van der Waals surface area contributed by atoms with Crippen molar-refractivity contribution in [1.29, 1.82) is 0 Å². The number of phenolic OH excluding ortho intramolecular Hbond substituents is 1. The highest BCUT2D eigenvalue weighted by molar-refractivity contribution is 5.86. The average Bonchev–Trinajstić information content (AvgIpc) is 2.25. The second-order valence-electron chi connectivity index (χ2n) is 3.68. The molecule has 2 N–H and O–H groups in total. The van der Waals surface area contributed by atoms with Crippen LogP contribution in [-0.2, 0) is 6.42 Å². The Hall–Kier alpha value is -1.54. The van der Waals surface area contributed by atoms with E-state index in [-0.39, 0.29) is 0 Å². The minimum absolute atomic E-state index is 0.327. The molecule has 0 heterocycles. The Labute approximate surface area is 89.6 Å². The Bertz CT molecular complexity index is 465. The van der Waals surface area contributed by atoms with Crippen molar-refractivity contribution < 1.29 is 5.11 Å². The van der Waals surface area contributed by atoms with Gasteiger partial charge in [0.15, 0.2) is 0 Å². The van der Waals surface area contributed by atoms with Crippen molar-refractivity contribution in [3.8, 4) is 5.75 Å². The van der Waals surface area contributed by atoms with Crippen molar-refractivity contribution in [2.24, 2.45) is 0 Å². The van der Waals surface area contributed by atoms with Crippen LogP contribution in [0, 0.1) is 0 Å². The van der Waals surface area contributed by atoms with Crippen LogP contribution in [-0.4, -0.2) is 18.7 Å². The molecule has 0 radical (unpaired) electrons. The van der Waals surface area contributed by atoms with Gasteiger partial charge < -0.3 is 10.4 Å². The second kappa shape index (κ2) is 4.32. The summed E-state index contributed by atoms with van der Waals surface area (Å²) in [6.45, 7) is 0.972. The maximum Gasteiger partial charge on any atom is 0.116 e. The van der Waals surface area contributed by atoms with E-state index in [1.807, 2.05) is 25.2 Å². The van der Waals surface area contributed by atoms with E-state index in [0.717, 1.165) is 18.4 Å². The number of phenols is 1. The third-order valence-electron chi connectivity index (χ3n) is 2.60. The van der Waals surface area contributed by atoms with Gasteiger partial charge in [-0.1, -0.05) is 24.3 Å². The van der Waals surface area contributed by atoms with Crippen LogP contribution in [0.25, 0.3) is 10.8 Å². The first kappa shape index (κ1) is 9.99. The number of fused-ring (bicyclic) bond motifs is 1. The van der Waals surface area contributed by atoms with Crippen molar-refractivity contribution in [3.63, 3.8) is 0 Å². The molecule has 2 aromatic rings. The summed E-state index contributed by atoms with van der Waals surface area (Å²) in [7, 11) is 1.96. The molecule has 15 heavy (non-hydrogen) atoms. The molecule has 2 heteroatoms. The predicted octanol–water partition coefficient (Wildman–Crippen LogP) is 2.31. The van der Waals surface area contributed by atoms with Crippen LogP contribution in [0.3, 0.4) is 0 Å². The van der Waals surface area contributed by atoms with E-state index in [0.29, 0.717) is 5.75 Å². The van der Waals surface area contributed by atoms with E-state index in [9.17, 15) is 5.11 Å². The number of hydrogen-bond acceptors (Lipinski definition) is 2. The monoisotopic (exact) mass is 201 g/mol. The summed E-state index contributed by atoms with van der Waals surface area (Å²) >= 11 is 0. The lowest BCUT2D eigenvalue weighted by Crippen LogP contribution is -2.10. The Morgan fingerprint density at radius 2 is 2.07 bits per heavy atom. The van der Waals surface area contributed by atoms with E-state index >= 15 is 0 Å². The predicted molar refractivity (Wildman–Crippen MR) is 63.2 cm³/mol. The Morgan fingerprint density at radius 3 is 2.87 bits per heavy atom. The molecule has 0 aliphatic heterocycles. The van der Waals surface area contributed by atoms with E-state index in [2.05, 4.69) is 11.4 Å². The van der Waals surface area contributed by atoms with Gasteiger partial charge in [-0.25, -0.2) is 0 Å². The van der Waals surface area contributed by atoms with E-state index in [4.69, 9.17) is 0 Å². The van der Waals surface area contributed by atoms with Crippen LogP contribution in [0.2, 0.25) is 0 Å². The molecule has 2 nitrogen and oxygen atoms in total. The summed E-state index contributed by atoms with van der Waals surface area (Å²) in [5.74, 6) is 0.327. The lowest BCUT2D eigenvalue weighted by atomic mass is 10.0. The summed E-state index contributed by atoms with van der Waals surface area (Å²) in [4.78, 5) is 0. The summed E-state index contributed by atoms with van der Waals surface area (Å²) in [6, 6.07) is 11.7. The van der Waals surface area contributed by atoms with Crippen LogP contribution in [0.15, 0.2) is 36.4 Å². The highest BCUT2D eigenvalue weighted by atomic mass is 16.3. The van der Waals surface area contributed by atoms with Gasteiger partial charge in [0, 0.05) is 0 Å². The number of rotatable bonds is 3. The lowest BCUT2D eigenvalue weighted by Gasteiger charge is -2.06. The normalized spacial score (nSPS) is 10.7. The van der Waals surface area contributed by atoms with Gasteiger partial charge in [0.2, 0.25) is 0 Å². The van der Waals surface area contributed by atoms with Crippen LogP contribution in [0.5, 0.6) is 5.75 Å². The molecule has 2 aromatic carbocycles. The Morgan fingerprint density at radius 1 is 1.20 bits per heavy atom. The number of nitrogens with one attached hydrogen (secondary N) is 1. The van der Waals surface area contributed by atoms with Crippen LogP contribution in [0.1, 0.15) is 5.56 Å². The van der Waals surface area contributed by atoms with Gasteiger partial charge in [-0.3, -0.25) is 0 Å². The van der Waals surface area contributed by atoms with Crippen LogP contribution >= 0.6 is 0 Å². The molecule has 0 saturated carbocycles. The molecule has 0 amide bonds. The average molecular weight is 201 g/mol.